The van der Waals surface area contributed by atoms with Gasteiger partial charge in [0.1, 0.15) is 12.4 Å². The number of hydrogen-bond donors (Lipinski definition) is 2. The Morgan fingerprint density at radius 1 is 1.04 bits per heavy atom. The lowest BCUT2D eigenvalue weighted by molar-refractivity contribution is -0.147. The van der Waals surface area contributed by atoms with E-state index < -0.39 is 36.8 Å². The fraction of sp³-hybridized carbons (Fsp3) is 0.167. The van der Waals surface area contributed by atoms with E-state index in [2.05, 4.69) is 10.6 Å². The zero-order chi connectivity index (χ0) is 19.8. The second kappa shape index (κ2) is 9.89. The first kappa shape index (κ1) is 20.7. The molecule has 0 aliphatic rings. The second-order valence-corrected chi connectivity index (χ2v) is 6.21. The molecule has 0 aromatic heterocycles. The molecule has 0 aliphatic heterocycles. The van der Waals surface area contributed by atoms with E-state index >= 15 is 0 Å². The van der Waals surface area contributed by atoms with Gasteiger partial charge in [-0.15, -0.1) is 0 Å². The van der Waals surface area contributed by atoms with E-state index in [0.717, 1.165) is 6.07 Å². The average Bonchev–Trinajstić information content (AvgIpc) is 2.63. The van der Waals surface area contributed by atoms with Crippen LogP contribution >= 0.6 is 23.2 Å². The molecule has 2 aromatic rings. The van der Waals surface area contributed by atoms with Gasteiger partial charge in [-0.1, -0.05) is 35.3 Å². The van der Waals surface area contributed by atoms with E-state index in [1.807, 2.05) is 0 Å². The number of carbonyl (C=O) groups excluding carboxylic acids is 3. The van der Waals surface area contributed by atoms with Crippen LogP contribution in [0, 0.1) is 5.82 Å². The van der Waals surface area contributed by atoms with Crippen molar-refractivity contribution >= 4 is 41.0 Å². The molecule has 0 unspecified atom stereocenters. The van der Waals surface area contributed by atoms with Crippen molar-refractivity contribution in [1.82, 2.24) is 10.6 Å². The van der Waals surface area contributed by atoms with Gasteiger partial charge in [0.15, 0.2) is 6.61 Å². The Morgan fingerprint density at radius 3 is 2.52 bits per heavy atom. The molecule has 0 saturated heterocycles. The molecule has 0 saturated carbocycles. The minimum atomic E-state index is -0.806. The van der Waals surface area contributed by atoms with Gasteiger partial charge in [0.25, 0.3) is 11.8 Å². The van der Waals surface area contributed by atoms with Crippen LogP contribution in [0.2, 0.25) is 10.0 Å². The van der Waals surface area contributed by atoms with Crippen LogP contribution in [0.3, 0.4) is 0 Å². The van der Waals surface area contributed by atoms with Gasteiger partial charge in [-0.3, -0.25) is 14.4 Å². The molecule has 0 bridgehead atoms. The Labute approximate surface area is 164 Å². The number of esters is 1. The van der Waals surface area contributed by atoms with E-state index in [1.165, 1.54) is 18.2 Å². The van der Waals surface area contributed by atoms with Crippen molar-refractivity contribution in [2.24, 2.45) is 0 Å². The summed E-state index contributed by atoms with van der Waals surface area (Å²) in [6, 6.07) is 9.86. The van der Waals surface area contributed by atoms with Gasteiger partial charge in [0.2, 0.25) is 0 Å². The van der Waals surface area contributed by atoms with Crippen LogP contribution < -0.4 is 10.6 Å². The van der Waals surface area contributed by atoms with Gasteiger partial charge >= 0.3 is 5.97 Å². The van der Waals surface area contributed by atoms with Gasteiger partial charge in [-0.2, -0.15) is 0 Å². The van der Waals surface area contributed by atoms with E-state index in [1.54, 1.807) is 18.2 Å². The van der Waals surface area contributed by atoms with Crippen molar-refractivity contribution in [3.63, 3.8) is 0 Å². The monoisotopic (exact) mass is 412 g/mol. The SMILES string of the molecule is O=C(COC(=O)CNC(=O)c1cccc(F)c1)NCc1ccc(Cl)cc1Cl. The summed E-state index contributed by atoms with van der Waals surface area (Å²) >= 11 is 11.8. The highest BCUT2D eigenvalue weighted by atomic mass is 35.5. The van der Waals surface area contributed by atoms with E-state index in [0.29, 0.717) is 15.6 Å². The summed E-state index contributed by atoms with van der Waals surface area (Å²) in [6.07, 6.45) is 0. The first-order chi connectivity index (χ1) is 12.8. The van der Waals surface area contributed by atoms with E-state index in [9.17, 15) is 18.8 Å². The molecule has 2 amide bonds. The summed E-state index contributed by atoms with van der Waals surface area (Å²) in [5.74, 6) is -2.54. The van der Waals surface area contributed by atoms with Gasteiger partial charge in [-0.05, 0) is 35.9 Å². The lowest BCUT2D eigenvalue weighted by Gasteiger charge is -2.09. The molecule has 0 heterocycles. The highest BCUT2D eigenvalue weighted by Gasteiger charge is 2.11. The normalized spacial score (nSPS) is 10.2. The number of halogens is 3. The molecule has 0 fully saturated rings. The molecular weight excluding hydrogens is 398 g/mol. The Morgan fingerprint density at radius 2 is 1.81 bits per heavy atom. The van der Waals surface area contributed by atoms with Crippen LogP contribution in [-0.2, 0) is 20.9 Å². The largest absolute Gasteiger partial charge is 0.454 e. The highest BCUT2D eigenvalue weighted by Crippen LogP contribution is 2.20. The average molecular weight is 413 g/mol. The number of rotatable bonds is 7. The van der Waals surface area contributed by atoms with Gasteiger partial charge in [0.05, 0.1) is 0 Å². The maximum atomic E-state index is 13.0. The van der Waals surface area contributed by atoms with Crippen molar-refractivity contribution in [3.05, 3.63) is 69.5 Å². The lowest BCUT2D eigenvalue weighted by Crippen LogP contribution is -2.33. The quantitative estimate of drug-likeness (QED) is 0.684. The molecule has 0 radical (unpaired) electrons. The molecule has 0 spiro atoms. The van der Waals surface area contributed by atoms with Crippen molar-refractivity contribution in [1.29, 1.82) is 0 Å². The standard InChI is InChI=1S/C18H15Cl2FN2O4/c19-13-5-4-12(15(20)7-13)8-22-16(24)10-27-17(25)9-23-18(26)11-2-1-3-14(21)6-11/h1-7H,8-10H2,(H,22,24)(H,23,26). The zero-order valence-electron chi connectivity index (χ0n) is 13.9. The van der Waals surface area contributed by atoms with Crippen molar-refractivity contribution < 1.29 is 23.5 Å². The molecule has 0 aliphatic carbocycles. The van der Waals surface area contributed by atoms with Crippen molar-refractivity contribution in [2.75, 3.05) is 13.2 Å². The molecule has 27 heavy (non-hydrogen) atoms. The molecule has 2 aromatic carbocycles. The van der Waals surface area contributed by atoms with Crippen molar-refractivity contribution in [2.45, 2.75) is 6.54 Å². The first-order valence-corrected chi connectivity index (χ1v) is 8.51. The summed E-state index contributed by atoms with van der Waals surface area (Å²) in [5, 5.41) is 5.70. The number of nitrogens with one attached hydrogen (secondary N) is 2. The van der Waals surface area contributed by atoms with E-state index in [-0.39, 0.29) is 12.1 Å². The fourth-order valence-electron chi connectivity index (χ4n) is 1.99. The van der Waals surface area contributed by atoms with E-state index in [4.69, 9.17) is 27.9 Å². The number of ether oxygens (including phenoxy) is 1. The summed E-state index contributed by atoms with van der Waals surface area (Å²) in [4.78, 5) is 35.1. The molecular formula is C18H15Cl2FN2O4. The Hall–Kier alpha value is -2.64. The molecule has 142 valence electrons. The topological polar surface area (TPSA) is 84.5 Å². The van der Waals surface area contributed by atoms with Crippen LogP contribution in [0.15, 0.2) is 42.5 Å². The molecule has 6 nitrogen and oxygen atoms in total. The molecule has 9 heteroatoms. The number of benzene rings is 2. The smallest absolute Gasteiger partial charge is 0.325 e. The minimum absolute atomic E-state index is 0.0698. The summed E-state index contributed by atoms with van der Waals surface area (Å²) < 4.78 is 17.8. The Bertz CT molecular complexity index is 861. The predicted molar refractivity (Wildman–Crippen MR) is 98.0 cm³/mol. The number of amides is 2. The van der Waals surface area contributed by atoms with Crippen LogP contribution in [0.1, 0.15) is 15.9 Å². The summed E-state index contributed by atoms with van der Waals surface area (Å²) in [5.41, 5.74) is 0.725. The predicted octanol–water partition coefficient (Wildman–Crippen LogP) is 2.72. The van der Waals surface area contributed by atoms with Crippen LogP contribution in [0.4, 0.5) is 4.39 Å². The number of hydrogen-bond acceptors (Lipinski definition) is 4. The highest BCUT2D eigenvalue weighted by molar-refractivity contribution is 6.35. The molecule has 2 rings (SSSR count). The Balaban J connectivity index is 1.70. The maximum Gasteiger partial charge on any atom is 0.325 e. The van der Waals surface area contributed by atoms with Gasteiger partial charge < -0.3 is 15.4 Å². The third-order valence-corrected chi connectivity index (χ3v) is 3.92. The third-order valence-electron chi connectivity index (χ3n) is 3.34. The molecule has 2 N–H and O–H groups in total. The lowest BCUT2D eigenvalue weighted by atomic mass is 10.2. The van der Waals surface area contributed by atoms with Gasteiger partial charge in [-0.25, -0.2) is 4.39 Å². The third kappa shape index (κ3) is 6.88. The number of carbonyl (C=O) groups is 3. The minimum Gasteiger partial charge on any atom is -0.454 e. The Kier molecular flexibility index (Phi) is 7.57. The summed E-state index contributed by atoms with van der Waals surface area (Å²) in [7, 11) is 0. The second-order valence-electron chi connectivity index (χ2n) is 5.37. The van der Waals surface area contributed by atoms with Crippen LogP contribution in [0.25, 0.3) is 0 Å². The first-order valence-electron chi connectivity index (χ1n) is 7.75. The molecule has 0 atom stereocenters. The fourth-order valence-corrected chi connectivity index (χ4v) is 2.47. The zero-order valence-corrected chi connectivity index (χ0v) is 15.4. The maximum absolute atomic E-state index is 13.0. The van der Waals surface area contributed by atoms with Crippen molar-refractivity contribution in [3.8, 4) is 0 Å². The summed E-state index contributed by atoms with van der Waals surface area (Å²) in [6.45, 7) is -0.825. The van der Waals surface area contributed by atoms with Crippen LogP contribution in [-0.4, -0.2) is 30.9 Å². The van der Waals surface area contributed by atoms with Gasteiger partial charge in [0, 0.05) is 22.2 Å². The van der Waals surface area contributed by atoms with Crippen LogP contribution in [0.5, 0.6) is 0 Å².